The third kappa shape index (κ3) is 3.67. The number of carbonyl (C=O) groups is 2. The third-order valence-electron chi connectivity index (χ3n) is 4.65. The Labute approximate surface area is 131 Å². The maximum Gasteiger partial charge on any atom is 0.225 e. The fourth-order valence-corrected chi connectivity index (χ4v) is 3.11. The zero-order valence-corrected chi connectivity index (χ0v) is 13.2. The number of hydrogen-bond acceptors (Lipinski definition) is 2. The van der Waals surface area contributed by atoms with Crippen LogP contribution in [0.25, 0.3) is 0 Å². The SMILES string of the molecule is Cc1cccc(CNC(=O)C2CCN(C(=O)C3CC3)CC2)c1. The van der Waals surface area contributed by atoms with E-state index in [1.807, 2.05) is 17.0 Å². The van der Waals surface area contributed by atoms with Gasteiger partial charge in [0.25, 0.3) is 0 Å². The normalized spacial score (nSPS) is 19.0. The Morgan fingerprint density at radius 3 is 2.50 bits per heavy atom. The van der Waals surface area contributed by atoms with Gasteiger partial charge < -0.3 is 10.2 Å². The molecule has 1 heterocycles. The number of aryl methyl sites for hydroxylation is 1. The molecule has 0 atom stereocenters. The lowest BCUT2D eigenvalue weighted by Gasteiger charge is -2.31. The number of benzene rings is 1. The summed E-state index contributed by atoms with van der Waals surface area (Å²) in [6, 6.07) is 8.19. The molecule has 1 saturated carbocycles. The number of carbonyl (C=O) groups excluding carboxylic acids is 2. The summed E-state index contributed by atoms with van der Waals surface area (Å²) in [6.45, 7) is 4.11. The lowest BCUT2D eigenvalue weighted by molar-refractivity contribution is -0.136. The van der Waals surface area contributed by atoms with Crippen molar-refractivity contribution in [3.8, 4) is 0 Å². The molecule has 0 radical (unpaired) electrons. The van der Waals surface area contributed by atoms with Gasteiger partial charge in [-0.2, -0.15) is 0 Å². The highest BCUT2D eigenvalue weighted by atomic mass is 16.2. The van der Waals surface area contributed by atoms with Gasteiger partial charge in [-0.15, -0.1) is 0 Å². The van der Waals surface area contributed by atoms with Gasteiger partial charge in [0.05, 0.1) is 0 Å². The van der Waals surface area contributed by atoms with Crippen molar-refractivity contribution in [1.82, 2.24) is 10.2 Å². The summed E-state index contributed by atoms with van der Waals surface area (Å²) in [5.74, 6) is 0.762. The molecule has 1 aliphatic heterocycles. The molecule has 1 saturated heterocycles. The molecule has 0 bridgehead atoms. The van der Waals surface area contributed by atoms with Crippen molar-refractivity contribution in [2.45, 2.75) is 39.2 Å². The maximum atomic E-state index is 12.3. The van der Waals surface area contributed by atoms with Crippen LogP contribution in [0.2, 0.25) is 0 Å². The molecule has 1 aliphatic carbocycles. The first-order valence-electron chi connectivity index (χ1n) is 8.25. The Balaban J connectivity index is 1.44. The average molecular weight is 300 g/mol. The second-order valence-electron chi connectivity index (χ2n) is 6.58. The van der Waals surface area contributed by atoms with E-state index >= 15 is 0 Å². The van der Waals surface area contributed by atoms with E-state index in [1.165, 1.54) is 5.56 Å². The lowest BCUT2D eigenvalue weighted by Crippen LogP contribution is -2.43. The van der Waals surface area contributed by atoms with E-state index in [4.69, 9.17) is 0 Å². The third-order valence-corrected chi connectivity index (χ3v) is 4.65. The van der Waals surface area contributed by atoms with Gasteiger partial charge in [0.2, 0.25) is 11.8 Å². The van der Waals surface area contributed by atoms with Crippen LogP contribution in [0, 0.1) is 18.8 Å². The number of hydrogen-bond donors (Lipinski definition) is 1. The van der Waals surface area contributed by atoms with Gasteiger partial charge >= 0.3 is 0 Å². The van der Waals surface area contributed by atoms with Gasteiger partial charge in [0, 0.05) is 31.5 Å². The topological polar surface area (TPSA) is 49.4 Å². The van der Waals surface area contributed by atoms with Crippen LogP contribution in [-0.2, 0) is 16.1 Å². The van der Waals surface area contributed by atoms with Crippen molar-refractivity contribution < 1.29 is 9.59 Å². The van der Waals surface area contributed by atoms with E-state index < -0.39 is 0 Å². The molecule has 22 heavy (non-hydrogen) atoms. The van der Waals surface area contributed by atoms with Crippen LogP contribution in [0.3, 0.4) is 0 Å². The quantitative estimate of drug-likeness (QED) is 0.927. The standard InChI is InChI=1S/C18H24N2O2/c1-13-3-2-4-14(11-13)12-19-17(21)15-7-9-20(10-8-15)18(22)16-5-6-16/h2-4,11,15-16H,5-10,12H2,1H3,(H,19,21). The minimum Gasteiger partial charge on any atom is -0.352 e. The largest absolute Gasteiger partial charge is 0.352 e. The highest BCUT2D eigenvalue weighted by Crippen LogP contribution is 2.32. The van der Waals surface area contributed by atoms with Gasteiger partial charge in [0.1, 0.15) is 0 Å². The van der Waals surface area contributed by atoms with Gasteiger partial charge in [0.15, 0.2) is 0 Å². The van der Waals surface area contributed by atoms with E-state index in [9.17, 15) is 9.59 Å². The summed E-state index contributed by atoms with van der Waals surface area (Å²) in [6.07, 6.45) is 3.68. The highest BCUT2D eigenvalue weighted by Gasteiger charge is 2.35. The molecule has 118 valence electrons. The zero-order chi connectivity index (χ0) is 15.5. The molecule has 0 aromatic heterocycles. The van der Waals surface area contributed by atoms with E-state index in [-0.39, 0.29) is 17.7 Å². The average Bonchev–Trinajstić information content (AvgIpc) is 3.37. The van der Waals surface area contributed by atoms with E-state index in [1.54, 1.807) is 0 Å². The van der Waals surface area contributed by atoms with Crippen molar-refractivity contribution in [2.75, 3.05) is 13.1 Å². The molecule has 1 aromatic carbocycles. The molecular weight excluding hydrogens is 276 g/mol. The van der Waals surface area contributed by atoms with Gasteiger partial charge in [-0.1, -0.05) is 29.8 Å². The summed E-state index contributed by atoms with van der Waals surface area (Å²) in [5.41, 5.74) is 2.34. The van der Waals surface area contributed by atoms with E-state index in [0.717, 1.165) is 44.3 Å². The number of nitrogens with one attached hydrogen (secondary N) is 1. The number of nitrogens with zero attached hydrogens (tertiary/aromatic N) is 1. The number of likely N-dealkylation sites (tertiary alicyclic amines) is 1. The molecule has 0 unspecified atom stereocenters. The summed E-state index contributed by atoms with van der Waals surface area (Å²) in [4.78, 5) is 26.2. The first kappa shape index (κ1) is 15.1. The lowest BCUT2D eigenvalue weighted by atomic mass is 9.95. The van der Waals surface area contributed by atoms with Crippen LogP contribution in [0.5, 0.6) is 0 Å². The van der Waals surface area contributed by atoms with Crippen LogP contribution < -0.4 is 5.32 Å². The predicted octanol–water partition coefficient (Wildman–Crippen LogP) is 2.26. The van der Waals surface area contributed by atoms with Crippen molar-refractivity contribution in [1.29, 1.82) is 0 Å². The molecule has 4 nitrogen and oxygen atoms in total. The van der Waals surface area contributed by atoms with Crippen LogP contribution in [0.1, 0.15) is 36.8 Å². The molecule has 1 N–H and O–H groups in total. The van der Waals surface area contributed by atoms with Gasteiger partial charge in [-0.3, -0.25) is 9.59 Å². The van der Waals surface area contributed by atoms with Crippen molar-refractivity contribution in [3.05, 3.63) is 35.4 Å². The smallest absolute Gasteiger partial charge is 0.225 e. The summed E-state index contributed by atoms with van der Waals surface area (Å²) >= 11 is 0. The fourth-order valence-electron chi connectivity index (χ4n) is 3.11. The van der Waals surface area contributed by atoms with Crippen LogP contribution in [0.15, 0.2) is 24.3 Å². The van der Waals surface area contributed by atoms with Crippen LogP contribution in [0.4, 0.5) is 0 Å². The molecule has 4 heteroatoms. The molecule has 2 fully saturated rings. The zero-order valence-electron chi connectivity index (χ0n) is 13.2. The van der Waals surface area contributed by atoms with Crippen molar-refractivity contribution in [2.24, 2.45) is 11.8 Å². The van der Waals surface area contributed by atoms with Crippen molar-refractivity contribution >= 4 is 11.8 Å². The maximum absolute atomic E-state index is 12.3. The second-order valence-corrected chi connectivity index (χ2v) is 6.58. The first-order chi connectivity index (χ1) is 10.6. The Kier molecular flexibility index (Phi) is 4.46. The predicted molar refractivity (Wildman–Crippen MR) is 85.1 cm³/mol. The summed E-state index contributed by atoms with van der Waals surface area (Å²) in [7, 11) is 0. The Bertz CT molecular complexity index is 558. The van der Waals surface area contributed by atoms with Gasteiger partial charge in [-0.25, -0.2) is 0 Å². The van der Waals surface area contributed by atoms with Crippen molar-refractivity contribution in [3.63, 3.8) is 0 Å². The molecule has 1 aromatic rings. The molecule has 0 spiro atoms. The molecular formula is C18H24N2O2. The molecule has 3 rings (SSSR count). The number of rotatable bonds is 4. The highest BCUT2D eigenvalue weighted by molar-refractivity contribution is 5.82. The first-order valence-corrected chi connectivity index (χ1v) is 8.25. The Morgan fingerprint density at radius 1 is 1.14 bits per heavy atom. The Morgan fingerprint density at radius 2 is 1.86 bits per heavy atom. The minimum atomic E-state index is 0.0491. The van der Waals surface area contributed by atoms with E-state index in [0.29, 0.717) is 12.5 Å². The van der Waals surface area contributed by atoms with Gasteiger partial charge in [-0.05, 0) is 38.2 Å². The minimum absolute atomic E-state index is 0.0491. The van der Waals surface area contributed by atoms with Crippen LogP contribution in [-0.4, -0.2) is 29.8 Å². The number of piperidine rings is 1. The second kappa shape index (κ2) is 6.51. The fraction of sp³-hybridized carbons (Fsp3) is 0.556. The van der Waals surface area contributed by atoms with E-state index in [2.05, 4.69) is 24.4 Å². The number of amides is 2. The monoisotopic (exact) mass is 300 g/mol. The Hall–Kier alpha value is -1.84. The molecule has 2 amide bonds. The summed E-state index contributed by atoms with van der Waals surface area (Å²) in [5, 5.41) is 3.03. The summed E-state index contributed by atoms with van der Waals surface area (Å²) < 4.78 is 0. The van der Waals surface area contributed by atoms with Crippen LogP contribution >= 0.6 is 0 Å². The molecule has 2 aliphatic rings.